The van der Waals surface area contributed by atoms with Crippen molar-refractivity contribution in [2.75, 3.05) is 6.54 Å². The lowest BCUT2D eigenvalue weighted by atomic mass is 9.77. The van der Waals surface area contributed by atoms with Crippen molar-refractivity contribution in [3.8, 4) is 0 Å². The SMILES string of the molecule is CC(NCC1Cc2ccccc21)c1cnc2ccsc2c1. The summed E-state index contributed by atoms with van der Waals surface area (Å²) in [4.78, 5) is 4.53. The number of nitrogens with one attached hydrogen (secondary N) is 1. The van der Waals surface area contributed by atoms with Gasteiger partial charge in [0, 0.05) is 24.7 Å². The summed E-state index contributed by atoms with van der Waals surface area (Å²) >= 11 is 1.76. The van der Waals surface area contributed by atoms with Crippen molar-refractivity contribution in [2.24, 2.45) is 0 Å². The molecule has 2 unspecified atom stereocenters. The molecule has 0 aliphatic heterocycles. The van der Waals surface area contributed by atoms with E-state index in [4.69, 9.17) is 0 Å². The summed E-state index contributed by atoms with van der Waals surface area (Å²) < 4.78 is 1.27. The Morgan fingerprint density at radius 3 is 3.14 bits per heavy atom. The number of hydrogen-bond donors (Lipinski definition) is 1. The van der Waals surface area contributed by atoms with E-state index in [9.17, 15) is 0 Å². The molecule has 0 bridgehead atoms. The van der Waals surface area contributed by atoms with Gasteiger partial charge in [0.25, 0.3) is 0 Å². The fourth-order valence-corrected chi connectivity index (χ4v) is 3.87. The van der Waals surface area contributed by atoms with Gasteiger partial charge >= 0.3 is 0 Å². The van der Waals surface area contributed by atoms with E-state index in [-0.39, 0.29) is 0 Å². The maximum Gasteiger partial charge on any atom is 0.0809 e. The Bertz CT molecular complexity index is 777. The van der Waals surface area contributed by atoms with Gasteiger partial charge in [-0.25, -0.2) is 0 Å². The highest BCUT2D eigenvalue weighted by molar-refractivity contribution is 7.17. The highest BCUT2D eigenvalue weighted by Gasteiger charge is 2.25. The van der Waals surface area contributed by atoms with Gasteiger partial charge in [0.05, 0.1) is 10.2 Å². The smallest absolute Gasteiger partial charge is 0.0809 e. The molecule has 4 rings (SSSR count). The van der Waals surface area contributed by atoms with Crippen LogP contribution in [0.25, 0.3) is 10.2 Å². The highest BCUT2D eigenvalue weighted by Crippen LogP contribution is 2.34. The normalized spacial score (nSPS) is 18.2. The molecule has 1 aromatic carbocycles. The molecule has 1 aliphatic carbocycles. The lowest BCUT2D eigenvalue weighted by Crippen LogP contribution is -2.30. The molecule has 3 aromatic rings. The second kappa shape index (κ2) is 5.24. The molecule has 3 heteroatoms. The fourth-order valence-electron chi connectivity index (χ4n) is 3.08. The van der Waals surface area contributed by atoms with Crippen LogP contribution in [0.3, 0.4) is 0 Å². The van der Waals surface area contributed by atoms with Crippen LogP contribution in [0.5, 0.6) is 0 Å². The number of benzene rings is 1. The topological polar surface area (TPSA) is 24.9 Å². The van der Waals surface area contributed by atoms with Gasteiger partial charge in [-0.15, -0.1) is 11.3 Å². The van der Waals surface area contributed by atoms with E-state index >= 15 is 0 Å². The van der Waals surface area contributed by atoms with Gasteiger partial charge < -0.3 is 5.32 Å². The van der Waals surface area contributed by atoms with E-state index in [0.717, 1.165) is 12.1 Å². The third-order valence-corrected chi connectivity index (χ3v) is 5.31. The molecule has 2 aromatic heterocycles. The molecule has 1 aliphatic rings. The van der Waals surface area contributed by atoms with E-state index < -0.39 is 0 Å². The summed E-state index contributed by atoms with van der Waals surface area (Å²) in [5, 5.41) is 5.77. The Balaban J connectivity index is 1.43. The molecule has 21 heavy (non-hydrogen) atoms. The molecule has 2 heterocycles. The molecule has 0 amide bonds. The van der Waals surface area contributed by atoms with Crippen LogP contribution in [0.1, 0.15) is 35.6 Å². The molecular weight excluding hydrogens is 276 g/mol. The lowest BCUT2D eigenvalue weighted by Gasteiger charge is -2.31. The molecule has 106 valence electrons. The summed E-state index contributed by atoms with van der Waals surface area (Å²) in [5.74, 6) is 0.669. The first-order valence-corrected chi connectivity index (χ1v) is 8.33. The summed E-state index contributed by atoms with van der Waals surface area (Å²) in [6, 6.07) is 13.5. The van der Waals surface area contributed by atoms with Crippen LogP contribution in [-0.2, 0) is 6.42 Å². The van der Waals surface area contributed by atoms with Crippen LogP contribution in [0, 0.1) is 0 Å². The zero-order chi connectivity index (χ0) is 14.2. The Labute approximate surface area is 128 Å². The van der Waals surface area contributed by atoms with Crippen molar-refractivity contribution < 1.29 is 0 Å². The van der Waals surface area contributed by atoms with Crippen LogP contribution in [-0.4, -0.2) is 11.5 Å². The average Bonchev–Trinajstić information content (AvgIpc) is 2.95. The second-order valence-corrected chi connectivity index (χ2v) is 6.75. The number of hydrogen-bond acceptors (Lipinski definition) is 3. The molecule has 0 spiro atoms. The highest BCUT2D eigenvalue weighted by atomic mass is 32.1. The van der Waals surface area contributed by atoms with Crippen LogP contribution in [0.4, 0.5) is 0 Å². The molecule has 0 fully saturated rings. The maximum atomic E-state index is 4.53. The van der Waals surface area contributed by atoms with Gasteiger partial charge in [-0.2, -0.15) is 0 Å². The standard InChI is InChI=1S/C18H18N2S/c1-12(14-9-18-17(20-10-14)6-7-21-18)19-11-15-8-13-4-2-3-5-16(13)15/h2-7,9-10,12,15,19H,8,11H2,1H3. The van der Waals surface area contributed by atoms with Gasteiger partial charge in [0.2, 0.25) is 0 Å². The Morgan fingerprint density at radius 1 is 1.33 bits per heavy atom. The van der Waals surface area contributed by atoms with Crippen molar-refractivity contribution in [3.05, 3.63) is 64.7 Å². The number of nitrogens with zero attached hydrogens (tertiary/aromatic N) is 1. The monoisotopic (exact) mass is 294 g/mol. The number of aromatic nitrogens is 1. The zero-order valence-corrected chi connectivity index (χ0v) is 12.9. The third kappa shape index (κ3) is 2.37. The molecule has 2 nitrogen and oxygen atoms in total. The Kier molecular flexibility index (Phi) is 3.24. The van der Waals surface area contributed by atoms with Gasteiger partial charge in [0.15, 0.2) is 0 Å². The average molecular weight is 294 g/mol. The van der Waals surface area contributed by atoms with E-state index in [1.54, 1.807) is 11.3 Å². The minimum Gasteiger partial charge on any atom is -0.310 e. The van der Waals surface area contributed by atoms with E-state index in [1.165, 1.54) is 27.8 Å². The van der Waals surface area contributed by atoms with Gasteiger partial charge in [-0.3, -0.25) is 4.98 Å². The number of pyridine rings is 1. The number of rotatable bonds is 4. The van der Waals surface area contributed by atoms with Crippen molar-refractivity contribution in [1.29, 1.82) is 0 Å². The van der Waals surface area contributed by atoms with E-state index in [1.807, 2.05) is 6.20 Å². The molecule has 0 saturated carbocycles. The maximum absolute atomic E-state index is 4.53. The first kappa shape index (κ1) is 13.0. The first-order chi connectivity index (χ1) is 10.3. The van der Waals surface area contributed by atoms with Gasteiger partial charge in [-0.05, 0) is 47.5 Å². The predicted octanol–water partition coefficient (Wildman–Crippen LogP) is 4.29. The van der Waals surface area contributed by atoms with E-state index in [2.05, 4.69) is 59.0 Å². The van der Waals surface area contributed by atoms with Crippen LogP contribution in [0.2, 0.25) is 0 Å². The Morgan fingerprint density at radius 2 is 2.24 bits per heavy atom. The fraction of sp³-hybridized carbons (Fsp3) is 0.278. The zero-order valence-electron chi connectivity index (χ0n) is 12.0. The van der Waals surface area contributed by atoms with Gasteiger partial charge in [0.1, 0.15) is 0 Å². The second-order valence-electron chi connectivity index (χ2n) is 5.80. The van der Waals surface area contributed by atoms with Crippen molar-refractivity contribution in [3.63, 3.8) is 0 Å². The molecular formula is C18H18N2S. The minimum atomic E-state index is 0.344. The van der Waals surface area contributed by atoms with Crippen molar-refractivity contribution in [1.82, 2.24) is 10.3 Å². The number of thiophene rings is 1. The molecule has 1 N–H and O–H groups in total. The van der Waals surface area contributed by atoms with Crippen molar-refractivity contribution >= 4 is 21.6 Å². The Hall–Kier alpha value is -1.71. The molecule has 2 atom stereocenters. The van der Waals surface area contributed by atoms with Crippen LogP contribution >= 0.6 is 11.3 Å². The van der Waals surface area contributed by atoms with Crippen LogP contribution < -0.4 is 5.32 Å². The number of fused-ring (bicyclic) bond motifs is 2. The third-order valence-electron chi connectivity index (χ3n) is 4.46. The predicted molar refractivity (Wildman–Crippen MR) is 88.9 cm³/mol. The summed E-state index contributed by atoms with van der Waals surface area (Å²) in [6.45, 7) is 3.27. The van der Waals surface area contributed by atoms with Crippen molar-refractivity contribution in [2.45, 2.75) is 25.3 Å². The first-order valence-electron chi connectivity index (χ1n) is 7.45. The van der Waals surface area contributed by atoms with E-state index in [0.29, 0.717) is 12.0 Å². The quantitative estimate of drug-likeness (QED) is 0.776. The summed E-state index contributed by atoms with van der Waals surface area (Å²) in [7, 11) is 0. The van der Waals surface area contributed by atoms with Crippen LogP contribution in [0.15, 0.2) is 48.0 Å². The van der Waals surface area contributed by atoms with Gasteiger partial charge in [-0.1, -0.05) is 24.3 Å². The largest absolute Gasteiger partial charge is 0.310 e. The molecule has 0 radical (unpaired) electrons. The minimum absolute atomic E-state index is 0.344. The molecule has 0 saturated heterocycles. The summed E-state index contributed by atoms with van der Waals surface area (Å²) in [5.41, 5.74) is 5.41. The lowest BCUT2D eigenvalue weighted by molar-refractivity contribution is 0.489. The summed E-state index contributed by atoms with van der Waals surface area (Å²) in [6.07, 6.45) is 3.21.